The number of nitrogens with zero attached hydrogens (tertiary/aromatic N) is 3. The molecule has 10 heteroatoms. The number of nitrogens with one attached hydrogen (secondary N) is 3. The average molecular weight is 408 g/mol. The summed E-state index contributed by atoms with van der Waals surface area (Å²) in [5, 5.41) is 12.4. The number of carbonyl (C=O) groups is 3. The van der Waals surface area contributed by atoms with Crippen LogP contribution < -0.4 is 20.7 Å². The maximum Gasteiger partial charge on any atom is 0.270 e. The van der Waals surface area contributed by atoms with Gasteiger partial charge in [-0.15, -0.1) is 0 Å². The number of aromatic nitrogens is 3. The van der Waals surface area contributed by atoms with Crippen LogP contribution in [0.4, 0.5) is 5.69 Å². The van der Waals surface area contributed by atoms with E-state index in [1.165, 1.54) is 16.8 Å². The normalized spacial score (nSPS) is 12.8. The highest BCUT2D eigenvalue weighted by molar-refractivity contribution is 5.98. The van der Waals surface area contributed by atoms with E-state index >= 15 is 0 Å². The van der Waals surface area contributed by atoms with E-state index in [0.717, 1.165) is 5.56 Å². The van der Waals surface area contributed by atoms with Crippen LogP contribution in [0.25, 0.3) is 5.65 Å². The van der Waals surface area contributed by atoms with Crippen LogP contribution >= 0.6 is 0 Å². The molecule has 0 saturated heterocycles. The van der Waals surface area contributed by atoms with Crippen LogP contribution in [0.15, 0.2) is 36.5 Å². The first-order valence-corrected chi connectivity index (χ1v) is 9.40. The molecule has 1 aliphatic heterocycles. The van der Waals surface area contributed by atoms with Gasteiger partial charge in [0.15, 0.2) is 12.3 Å². The molecular weight excluding hydrogens is 388 g/mol. The first-order chi connectivity index (χ1) is 14.4. The molecule has 10 nitrogen and oxygen atoms in total. The summed E-state index contributed by atoms with van der Waals surface area (Å²) in [4.78, 5) is 41.0. The first kappa shape index (κ1) is 19.4. The predicted molar refractivity (Wildman–Crippen MR) is 107 cm³/mol. The van der Waals surface area contributed by atoms with Crippen LogP contribution in [-0.2, 0) is 11.3 Å². The van der Waals surface area contributed by atoms with Crippen molar-refractivity contribution >= 4 is 29.1 Å². The van der Waals surface area contributed by atoms with Crippen molar-refractivity contribution in [2.45, 2.75) is 26.4 Å². The van der Waals surface area contributed by atoms with Crippen molar-refractivity contribution in [1.29, 1.82) is 0 Å². The number of benzene rings is 1. The van der Waals surface area contributed by atoms with Gasteiger partial charge < -0.3 is 20.7 Å². The summed E-state index contributed by atoms with van der Waals surface area (Å²) in [7, 11) is 0. The Kier molecular flexibility index (Phi) is 5.05. The monoisotopic (exact) mass is 408 g/mol. The summed E-state index contributed by atoms with van der Waals surface area (Å²) in [6, 6.07) is 8.24. The average Bonchev–Trinajstić information content (AvgIpc) is 3.19. The standard InChI is InChI=1S/C20H20N6O4/c1-11(2)23-20(29)15-8-14(24-17-5-6-22-26(15)17)19(28)21-9-12-3-4-16-13(7-12)25-18(27)10-30-16/h3-8,11H,9-10H2,1-2H3,(H,21,28)(H,23,29)(H,25,27). The third-order valence-electron chi connectivity index (χ3n) is 4.37. The molecule has 0 fully saturated rings. The number of fused-ring (bicyclic) bond motifs is 2. The Bertz CT molecular complexity index is 1150. The number of hydrogen-bond donors (Lipinski definition) is 3. The minimum atomic E-state index is -0.435. The Labute approximate surface area is 171 Å². The van der Waals surface area contributed by atoms with Crippen LogP contribution in [0, 0.1) is 0 Å². The summed E-state index contributed by atoms with van der Waals surface area (Å²) >= 11 is 0. The molecule has 0 bridgehead atoms. The molecule has 154 valence electrons. The van der Waals surface area contributed by atoms with Crippen molar-refractivity contribution < 1.29 is 19.1 Å². The molecule has 30 heavy (non-hydrogen) atoms. The van der Waals surface area contributed by atoms with Gasteiger partial charge in [0.2, 0.25) is 0 Å². The molecule has 1 aliphatic rings. The molecule has 0 saturated carbocycles. The number of carbonyl (C=O) groups excluding carboxylic acids is 3. The second-order valence-electron chi connectivity index (χ2n) is 7.11. The molecule has 0 spiro atoms. The van der Waals surface area contributed by atoms with Gasteiger partial charge in [0, 0.05) is 24.7 Å². The van der Waals surface area contributed by atoms with Crippen molar-refractivity contribution in [3.8, 4) is 5.75 Å². The highest BCUT2D eigenvalue weighted by Crippen LogP contribution is 2.28. The Morgan fingerprint density at radius 1 is 1.23 bits per heavy atom. The summed E-state index contributed by atoms with van der Waals surface area (Å²) in [6.45, 7) is 3.89. The van der Waals surface area contributed by atoms with Gasteiger partial charge in [-0.05, 0) is 31.5 Å². The van der Waals surface area contributed by atoms with E-state index in [1.807, 2.05) is 13.8 Å². The first-order valence-electron chi connectivity index (χ1n) is 9.40. The molecule has 0 atom stereocenters. The number of amides is 3. The predicted octanol–water partition coefficient (Wildman–Crippen LogP) is 1.13. The van der Waals surface area contributed by atoms with Crippen LogP contribution in [0.5, 0.6) is 5.75 Å². The molecule has 3 heterocycles. The minimum absolute atomic E-state index is 0.0153. The van der Waals surface area contributed by atoms with E-state index < -0.39 is 5.91 Å². The fraction of sp³-hybridized carbons (Fsp3) is 0.250. The lowest BCUT2D eigenvalue weighted by Crippen LogP contribution is -2.32. The lowest BCUT2D eigenvalue weighted by atomic mass is 10.1. The molecule has 1 aromatic carbocycles. The summed E-state index contributed by atoms with van der Waals surface area (Å²) < 4.78 is 6.72. The maximum absolute atomic E-state index is 12.7. The quantitative estimate of drug-likeness (QED) is 0.581. The Balaban J connectivity index is 1.53. The van der Waals surface area contributed by atoms with Crippen LogP contribution in [0.3, 0.4) is 0 Å². The van der Waals surface area contributed by atoms with Crippen LogP contribution in [0.1, 0.15) is 40.4 Å². The van der Waals surface area contributed by atoms with Crippen molar-refractivity contribution in [2.75, 3.05) is 11.9 Å². The third-order valence-corrected chi connectivity index (χ3v) is 4.37. The van der Waals surface area contributed by atoms with E-state index in [2.05, 4.69) is 26.0 Å². The molecular formula is C20H20N6O4. The van der Waals surface area contributed by atoms with Crippen LogP contribution in [0.2, 0.25) is 0 Å². The highest BCUT2D eigenvalue weighted by Gasteiger charge is 2.19. The molecule has 0 unspecified atom stereocenters. The van der Waals surface area contributed by atoms with E-state index in [4.69, 9.17) is 4.74 Å². The smallest absolute Gasteiger partial charge is 0.270 e. The summed E-state index contributed by atoms with van der Waals surface area (Å²) in [5.41, 5.74) is 2.05. The second kappa shape index (κ2) is 7.82. The van der Waals surface area contributed by atoms with Gasteiger partial charge in [-0.2, -0.15) is 5.10 Å². The highest BCUT2D eigenvalue weighted by atomic mass is 16.5. The van der Waals surface area contributed by atoms with E-state index in [0.29, 0.717) is 17.1 Å². The number of hydrogen-bond acceptors (Lipinski definition) is 6. The minimum Gasteiger partial charge on any atom is -0.482 e. The van der Waals surface area contributed by atoms with Gasteiger partial charge in [-0.3, -0.25) is 14.4 Å². The Hall–Kier alpha value is -3.95. The summed E-state index contributed by atoms with van der Waals surface area (Å²) in [6.07, 6.45) is 1.51. The molecule has 4 rings (SSSR count). The zero-order chi connectivity index (χ0) is 21.3. The molecule has 0 aliphatic carbocycles. The molecule has 0 radical (unpaired) electrons. The maximum atomic E-state index is 12.7. The van der Waals surface area contributed by atoms with Crippen molar-refractivity contribution in [2.24, 2.45) is 0 Å². The zero-order valence-corrected chi connectivity index (χ0v) is 16.4. The molecule has 2 aromatic heterocycles. The van der Waals surface area contributed by atoms with E-state index in [9.17, 15) is 14.4 Å². The van der Waals surface area contributed by atoms with Gasteiger partial charge >= 0.3 is 0 Å². The van der Waals surface area contributed by atoms with Gasteiger partial charge in [0.25, 0.3) is 17.7 Å². The van der Waals surface area contributed by atoms with Gasteiger partial charge in [0.1, 0.15) is 17.1 Å². The Morgan fingerprint density at radius 2 is 2.07 bits per heavy atom. The van der Waals surface area contributed by atoms with Gasteiger partial charge in [-0.25, -0.2) is 9.50 Å². The zero-order valence-electron chi connectivity index (χ0n) is 16.4. The van der Waals surface area contributed by atoms with Gasteiger partial charge in [0.05, 0.1) is 11.9 Å². The number of anilines is 1. The second-order valence-corrected chi connectivity index (χ2v) is 7.11. The number of ether oxygens (including phenoxy) is 1. The molecule has 3 N–H and O–H groups in total. The topological polar surface area (TPSA) is 127 Å². The van der Waals surface area contributed by atoms with Gasteiger partial charge in [-0.1, -0.05) is 6.07 Å². The fourth-order valence-corrected chi connectivity index (χ4v) is 3.04. The number of rotatable bonds is 5. The van der Waals surface area contributed by atoms with Crippen LogP contribution in [-0.4, -0.2) is 45.0 Å². The lowest BCUT2D eigenvalue weighted by Gasteiger charge is -2.18. The Morgan fingerprint density at radius 3 is 2.87 bits per heavy atom. The summed E-state index contributed by atoms with van der Waals surface area (Å²) in [5.74, 6) is -0.427. The lowest BCUT2D eigenvalue weighted by molar-refractivity contribution is -0.118. The third kappa shape index (κ3) is 3.93. The van der Waals surface area contributed by atoms with Crippen molar-refractivity contribution in [1.82, 2.24) is 25.2 Å². The van der Waals surface area contributed by atoms with E-state index in [-0.39, 0.29) is 42.4 Å². The van der Waals surface area contributed by atoms with Crippen molar-refractivity contribution in [3.63, 3.8) is 0 Å². The molecule has 3 amide bonds. The molecule has 3 aromatic rings. The van der Waals surface area contributed by atoms with E-state index in [1.54, 1.807) is 24.3 Å². The largest absolute Gasteiger partial charge is 0.482 e. The van der Waals surface area contributed by atoms with Crippen molar-refractivity contribution in [3.05, 3.63) is 53.5 Å². The fourth-order valence-electron chi connectivity index (χ4n) is 3.04. The SMILES string of the molecule is CC(C)NC(=O)c1cc(C(=O)NCc2ccc3c(c2)NC(=O)CO3)nc2ccnn12.